The monoisotopic (exact) mass is 350 g/mol. The standard InChI is InChI=1S/C19H30N2O4/c1-5-24-17(23)19(11-8-12-21-14-20-13-15(19)21)10-7-6-9-16(22)25-18(2,3)4/h13-14H,5-12H2,1-4H3. The van der Waals surface area contributed by atoms with E-state index in [9.17, 15) is 9.59 Å². The van der Waals surface area contributed by atoms with Crippen LogP contribution in [0.3, 0.4) is 0 Å². The van der Waals surface area contributed by atoms with Crippen LogP contribution in [0.4, 0.5) is 0 Å². The molecule has 0 aromatic carbocycles. The molecule has 6 heteroatoms. The number of esters is 2. The zero-order valence-electron chi connectivity index (χ0n) is 15.8. The summed E-state index contributed by atoms with van der Waals surface area (Å²) in [4.78, 5) is 28.8. The Bertz CT molecular complexity index is 603. The number of carbonyl (C=O) groups excluding carboxylic acids is 2. The molecule has 25 heavy (non-hydrogen) atoms. The molecule has 0 saturated heterocycles. The molecule has 6 nitrogen and oxygen atoms in total. The van der Waals surface area contributed by atoms with E-state index in [0.717, 1.165) is 31.5 Å². The van der Waals surface area contributed by atoms with Crippen LogP contribution in [0.5, 0.6) is 0 Å². The SMILES string of the molecule is CCOC(=O)C1(CCCCC(=O)OC(C)(C)C)CCCn2cncc21. The van der Waals surface area contributed by atoms with Gasteiger partial charge in [0, 0.05) is 19.2 Å². The first-order valence-corrected chi connectivity index (χ1v) is 9.18. The normalized spacial score (nSPS) is 20.0. The van der Waals surface area contributed by atoms with Crippen molar-refractivity contribution in [2.75, 3.05) is 6.61 Å². The molecule has 140 valence electrons. The summed E-state index contributed by atoms with van der Waals surface area (Å²) < 4.78 is 12.8. The minimum absolute atomic E-state index is 0.172. The van der Waals surface area contributed by atoms with Crippen molar-refractivity contribution < 1.29 is 19.1 Å². The lowest BCUT2D eigenvalue weighted by Gasteiger charge is -2.35. The van der Waals surface area contributed by atoms with Gasteiger partial charge in [0.1, 0.15) is 11.0 Å². The van der Waals surface area contributed by atoms with Crippen LogP contribution in [-0.4, -0.2) is 33.7 Å². The molecule has 0 fully saturated rings. The number of hydrogen-bond donors (Lipinski definition) is 0. The maximum absolute atomic E-state index is 12.7. The highest BCUT2D eigenvalue weighted by Crippen LogP contribution is 2.39. The second kappa shape index (κ2) is 8.02. The van der Waals surface area contributed by atoms with Crippen LogP contribution in [0.15, 0.2) is 12.5 Å². The summed E-state index contributed by atoms with van der Waals surface area (Å²) in [7, 11) is 0. The van der Waals surface area contributed by atoms with Crippen molar-refractivity contribution in [2.24, 2.45) is 0 Å². The van der Waals surface area contributed by atoms with Gasteiger partial charge in [-0.25, -0.2) is 4.98 Å². The lowest BCUT2D eigenvalue weighted by atomic mass is 9.74. The molecule has 0 bridgehead atoms. The molecule has 0 radical (unpaired) electrons. The fourth-order valence-corrected chi connectivity index (χ4v) is 3.50. The van der Waals surface area contributed by atoms with Gasteiger partial charge in [-0.15, -0.1) is 0 Å². The predicted molar refractivity (Wildman–Crippen MR) is 94.1 cm³/mol. The summed E-state index contributed by atoms with van der Waals surface area (Å²) in [6, 6.07) is 0. The fourth-order valence-electron chi connectivity index (χ4n) is 3.50. The largest absolute Gasteiger partial charge is 0.465 e. The van der Waals surface area contributed by atoms with Gasteiger partial charge in [-0.2, -0.15) is 0 Å². The second-order valence-electron chi connectivity index (χ2n) is 7.67. The number of imidazole rings is 1. The Balaban J connectivity index is 2.00. The summed E-state index contributed by atoms with van der Waals surface area (Å²) in [5.41, 5.74) is -0.160. The molecule has 1 unspecified atom stereocenters. The first kappa shape index (κ1) is 19.5. The minimum atomic E-state index is -0.640. The number of fused-ring (bicyclic) bond motifs is 1. The van der Waals surface area contributed by atoms with E-state index >= 15 is 0 Å². The van der Waals surface area contributed by atoms with E-state index in [1.165, 1.54) is 0 Å². The molecule has 1 aromatic heterocycles. The Morgan fingerprint density at radius 1 is 1.32 bits per heavy atom. The van der Waals surface area contributed by atoms with E-state index in [0.29, 0.717) is 25.9 Å². The number of rotatable bonds is 7. The molecular weight excluding hydrogens is 320 g/mol. The van der Waals surface area contributed by atoms with Crippen LogP contribution >= 0.6 is 0 Å². The Morgan fingerprint density at radius 2 is 2.08 bits per heavy atom. The molecule has 0 saturated carbocycles. The summed E-state index contributed by atoms with van der Waals surface area (Å²) in [5, 5.41) is 0. The van der Waals surface area contributed by atoms with Crippen LogP contribution < -0.4 is 0 Å². The number of carbonyl (C=O) groups is 2. The second-order valence-corrected chi connectivity index (χ2v) is 7.67. The smallest absolute Gasteiger partial charge is 0.318 e. The quantitative estimate of drug-likeness (QED) is 0.557. The molecular formula is C19H30N2O4. The predicted octanol–water partition coefficient (Wildman–Crippen LogP) is 3.38. The minimum Gasteiger partial charge on any atom is -0.465 e. The van der Waals surface area contributed by atoms with Gasteiger partial charge in [-0.1, -0.05) is 6.42 Å². The van der Waals surface area contributed by atoms with Crippen LogP contribution in [0.1, 0.15) is 71.9 Å². The highest BCUT2D eigenvalue weighted by Gasteiger charge is 2.45. The molecule has 0 spiro atoms. The number of aryl methyl sites for hydroxylation is 1. The summed E-state index contributed by atoms with van der Waals surface area (Å²) >= 11 is 0. The lowest BCUT2D eigenvalue weighted by molar-refractivity contribution is -0.154. The summed E-state index contributed by atoms with van der Waals surface area (Å²) in [6.07, 6.45) is 7.76. The van der Waals surface area contributed by atoms with E-state index in [-0.39, 0.29) is 11.9 Å². The van der Waals surface area contributed by atoms with Gasteiger partial charge in [0.2, 0.25) is 0 Å². The van der Waals surface area contributed by atoms with E-state index in [1.807, 2.05) is 32.3 Å². The van der Waals surface area contributed by atoms with Crippen LogP contribution in [0, 0.1) is 0 Å². The van der Waals surface area contributed by atoms with Gasteiger partial charge >= 0.3 is 11.9 Å². The van der Waals surface area contributed by atoms with Crippen molar-refractivity contribution in [3.8, 4) is 0 Å². The third-order valence-electron chi connectivity index (χ3n) is 4.53. The number of nitrogens with zero attached hydrogens (tertiary/aromatic N) is 2. The van der Waals surface area contributed by atoms with Crippen molar-refractivity contribution in [3.63, 3.8) is 0 Å². The van der Waals surface area contributed by atoms with Crippen molar-refractivity contribution in [1.82, 2.24) is 9.55 Å². The van der Waals surface area contributed by atoms with Crippen LogP contribution in [0.25, 0.3) is 0 Å². The zero-order valence-corrected chi connectivity index (χ0v) is 15.8. The zero-order chi connectivity index (χ0) is 18.5. The van der Waals surface area contributed by atoms with Crippen LogP contribution in [-0.2, 0) is 31.0 Å². The van der Waals surface area contributed by atoms with E-state index < -0.39 is 11.0 Å². The molecule has 1 atom stereocenters. The molecule has 1 aromatic rings. The molecule has 2 heterocycles. The highest BCUT2D eigenvalue weighted by molar-refractivity contribution is 5.82. The van der Waals surface area contributed by atoms with E-state index in [4.69, 9.17) is 9.47 Å². The van der Waals surface area contributed by atoms with Gasteiger partial charge in [-0.3, -0.25) is 9.59 Å². The van der Waals surface area contributed by atoms with Gasteiger partial charge < -0.3 is 14.0 Å². The Morgan fingerprint density at radius 3 is 2.76 bits per heavy atom. The Labute approximate surface area is 149 Å². The topological polar surface area (TPSA) is 70.4 Å². The van der Waals surface area contributed by atoms with Crippen molar-refractivity contribution >= 4 is 11.9 Å². The van der Waals surface area contributed by atoms with E-state index in [2.05, 4.69) is 4.98 Å². The van der Waals surface area contributed by atoms with Crippen molar-refractivity contribution in [1.29, 1.82) is 0 Å². The van der Waals surface area contributed by atoms with Gasteiger partial charge in [-0.05, 0) is 53.4 Å². The molecule has 0 aliphatic carbocycles. The summed E-state index contributed by atoms with van der Waals surface area (Å²) in [5.74, 6) is -0.361. The van der Waals surface area contributed by atoms with E-state index in [1.54, 1.807) is 12.5 Å². The number of hydrogen-bond acceptors (Lipinski definition) is 5. The van der Waals surface area contributed by atoms with Gasteiger partial charge in [0.25, 0.3) is 0 Å². The first-order valence-electron chi connectivity index (χ1n) is 9.18. The number of ether oxygens (including phenoxy) is 2. The van der Waals surface area contributed by atoms with Crippen LogP contribution in [0.2, 0.25) is 0 Å². The maximum Gasteiger partial charge on any atom is 0.318 e. The average molecular weight is 350 g/mol. The Hall–Kier alpha value is -1.85. The third kappa shape index (κ3) is 4.83. The van der Waals surface area contributed by atoms with Gasteiger partial charge in [0.15, 0.2) is 0 Å². The molecule has 0 amide bonds. The lowest BCUT2D eigenvalue weighted by Crippen LogP contribution is -2.42. The maximum atomic E-state index is 12.7. The van der Waals surface area contributed by atoms with Crippen molar-refractivity contribution in [3.05, 3.63) is 18.2 Å². The van der Waals surface area contributed by atoms with Gasteiger partial charge in [0.05, 0.1) is 18.6 Å². The number of unbranched alkanes of at least 4 members (excludes halogenated alkanes) is 1. The molecule has 2 rings (SSSR count). The number of aromatic nitrogens is 2. The first-order chi connectivity index (χ1) is 11.8. The highest BCUT2D eigenvalue weighted by atomic mass is 16.6. The summed E-state index contributed by atoms with van der Waals surface area (Å²) in [6.45, 7) is 8.67. The third-order valence-corrected chi connectivity index (χ3v) is 4.53. The van der Waals surface area contributed by atoms with Crippen molar-refractivity contribution in [2.45, 2.75) is 83.8 Å². The average Bonchev–Trinajstić information content (AvgIpc) is 2.99. The molecule has 1 aliphatic heterocycles. The molecule has 0 N–H and O–H groups in total. The fraction of sp³-hybridized carbons (Fsp3) is 0.737. The molecule has 1 aliphatic rings. The Kier molecular flexibility index (Phi) is 6.25.